The Morgan fingerprint density at radius 3 is 2.81 bits per heavy atom. The molecule has 3 aromatic rings. The monoisotopic (exact) mass is 366 g/mol. The second kappa shape index (κ2) is 7.06. The van der Waals surface area contributed by atoms with Gasteiger partial charge in [-0.2, -0.15) is 4.98 Å². The molecule has 0 aliphatic heterocycles. The number of carbonyl (C=O) groups excluding carboxylic acids is 2. The summed E-state index contributed by atoms with van der Waals surface area (Å²) < 4.78 is 10.3. The molecule has 2 aromatic heterocycles. The molecule has 1 aromatic carbocycles. The summed E-state index contributed by atoms with van der Waals surface area (Å²) in [5.74, 6) is 0.892. The van der Waals surface area contributed by atoms with Gasteiger partial charge >= 0.3 is 0 Å². The highest BCUT2D eigenvalue weighted by Crippen LogP contribution is 2.39. The third-order valence-corrected chi connectivity index (χ3v) is 4.24. The van der Waals surface area contributed by atoms with Crippen molar-refractivity contribution < 1.29 is 18.5 Å². The van der Waals surface area contributed by atoms with Gasteiger partial charge in [0.2, 0.25) is 17.6 Å². The van der Waals surface area contributed by atoms with Crippen LogP contribution in [0.1, 0.15) is 42.1 Å². The van der Waals surface area contributed by atoms with E-state index in [1.807, 2.05) is 6.07 Å². The zero-order chi connectivity index (χ0) is 18.8. The first-order chi connectivity index (χ1) is 13.1. The van der Waals surface area contributed by atoms with Gasteiger partial charge in [0.05, 0.1) is 6.26 Å². The molecule has 8 nitrogen and oxygen atoms in total. The van der Waals surface area contributed by atoms with Crippen LogP contribution in [-0.2, 0) is 4.79 Å². The standard InChI is InChI=1S/C19H18N4O4/c1-11(20-18(25)15-6-3-9-26-15)17(24)21-14-5-2-4-13(10-14)16-22-19(27-23-16)12-7-8-12/h2-6,9-12H,7-8H2,1H3,(H,20,25)(H,21,24). The van der Waals surface area contributed by atoms with Crippen molar-refractivity contribution in [3.8, 4) is 11.4 Å². The molecule has 8 heteroatoms. The van der Waals surface area contributed by atoms with E-state index in [1.54, 1.807) is 31.2 Å². The lowest BCUT2D eigenvalue weighted by Gasteiger charge is -2.13. The summed E-state index contributed by atoms with van der Waals surface area (Å²) in [5.41, 5.74) is 1.32. The first-order valence-corrected chi connectivity index (χ1v) is 8.69. The van der Waals surface area contributed by atoms with Crippen LogP contribution in [0.25, 0.3) is 11.4 Å². The Balaban J connectivity index is 1.41. The zero-order valence-corrected chi connectivity index (χ0v) is 14.6. The average Bonchev–Trinajstić information content (AvgIpc) is 3.17. The molecule has 0 saturated heterocycles. The van der Waals surface area contributed by atoms with E-state index >= 15 is 0 Å². The van der Waals surface area contributed by atoms with E-state index in [9.17, 15) is 9.59 Å². The molecule has 1 aliphatic carbocycles. The van der Waals surface area contributed by atoms with E-state index in [0.29, 0.717) is 23.3 Å². The molecule has 0 radical (unpaired) electrons. The first kappa shape index (κ1) is 17.0. The van der Waals surface area contributed by atoms with Crippen LogP contribution in [0.3, 0.4) is 0 Å². The lowest BCUT2D eigenvalue weighted by atomic mass is 10.2. The summed E-state index contributed by atoms with van der Waals surface area (Å²) in [6.07, 6.45) is 3.57. The summed E-state index contributed by atoms with van der Waals surface area (Å²) >= 11 is 0. The number of carbonyl (C=O) groups is 2. The summed E-state index contributed by atoms with van der Waals surface area (Å²) in [6.45, 7) is 1.60. The number of hydrogen-bond donors (Lipinski definition) is 2. The van der Waals surface area contributed by atoms with Crippen molar-refractivity contribution in [2.24, 2.45) is 0 Å². The van der Waals surface area contributed by atoms with Crippen molar-refractivity contribution in [1.82, 2.24) is 15.5 Å². The van der Waals surface area contributed by atoms with E-state index in [2.05, 4.69) is 20.8 Å². The van der Waals surface area contributed by atoms with Gasteiger partial charge in [0, 0.05) is 17.2 Å². The highest BCUT2D eigenvalue weighted by molar-refractivity contribution is 6.00. The van der Waals surface area contributed by atoms with E-state index in [0.717, 1.165) is 18.4 Å². The van der Waals surface area contributed by atoms with Gasteiger partial charge < -0.3 is 19.6 Å². The van der Waals surface area contributed by atoms with Crippen LogP contribution in [0.5, 0.6) is 0 Å². The van der Waals surface area contributed by atoms with Gasteiger partial charge in [0.15, 0.2) is 5.76 Å². The van der Waals surface area contributed by atoms with Gasteiger partial charge in [-0.25, -0.2) is 0 Å². The molecule has 27 heavy (non-hydrogen) atoms. The quantitative estimate of drug-likeness (QED) is 0.694. The van der Waals surface area contributed by atoms with Crippen LogP contribution in [0.2, 0.25) is 0 Å². The number of amides is 2. The molecule has 1 saturated carbocycles. The highest BCUT2D eigenvalue weighted by atomic mass is 16.5. The summed E-state index contributed by atoms with van der Waals surface area (Å²) in [4.78, 5) is 28.7. The van der Waals surface area contributed by atoms with E-state index in [1.165, 1.54) is 12.3 Å². The lowest BCUT2D eigenvalue weighted by Crippen LogP contribution is -2.41. The van der Waals surface area contributed by atoms with E-state index in [-0.39, 0.29) is 11.7 Å². The van der Waals surface area contributed by atoms with Crippen LogP contribution in [0.15, 0.2) is 51.6 Å². The molecule has 2 N–H and O–H groups in total. The summed E-state index contributed by atoms with van der Waals surface area (Å²) in [7, 11) is 0. The Hall–Kier alpha value is -3.42. The van der Waals surface area contributed by atoms with Crippen LogP contribution < -0.4 is 10.6 Å². The van der Waals surface area contributed by atoms with E-state index in [4.69, 9.17) is 8.94 Å². The number of nitrogens with zero attached hydrogens (tertiary/aromatic N) is 2. The minimum absolute atomic E-state index is 0.153. The van der Waals surface area contributed by atoms with Crippen LogP contribution in [-0.4, -0.2) is 28.0 Å². The largest absolute Gasteiger partial charge is 0.459 e. The molecular weight excluding hydrogens is 348 g/mol. The topological polar surface area (TPSA) is 110 Å². The fraction of sp³-hybridized carbons (Fsp3) is 0.263. The van der Waals surface area contributed by atoms with Crippen molar-refractivity contribution in [2.75, 3.05) is 5.32 Å². The normalized spacial score (nSPS) is 14.6. The Morgan fingerprint density at radius 2 is 2.07 bits per heavy atom. The SMILES string of the molecule is CC(NC(=O)c1ccco1)C(=O)Nc1cccc(-c2noc(C3CC3)n2)c1. The molecule has 138 valence electrons. The maximum Gasteiger partial charge on any atom is 0.287 e. The number of furan rings is 1. The zero-order valence-electron chi connectivity index (χ0n) is 14.6. The third-order valence-electron chi connectivity index (χ3n) is 4.24. The minimum Gasteiger partial charge on any atom is -0.459 e. The van der Waals surface area contributed by atoms with E-state index < -0.39 is 11.9 Å². The molecule has 1 aliphatic rings. The first-order valence-electron chi connectivity index (χ1n) is 8.69. The number of hydrogen-bond acceptors (Lipinski definition) is 6. The third kappa shape index (κ3) is 3.89. The minimum atomic E-state index is -0.738. The van der Waals surface area contributed by atoms with Crippen molar-refractivity contribution >= 4 is 17.5 Å². The van der Waals surface area contributed by atoms with Gasteiger partial charge in [0.1, 0.15) is 6.04 Å². The number of anilines is 1. The smallest absolute Gasteiger partial charge is 0.287 e. The Morgan fingerprint density at radius 1 is 1.22 bits per heavy atom. The van der Waals surface area contributed by atoms with Crippen molar-refractivity contribution in [2.45, 2.75) is 31.7 Å². The van der Waals surface area contributed by atoms with Gasteiger partial charge in [0.25, 0.3) is 5.91 Å². The molecular formula is C19H18N4O4. The predicted molar refractivity (Wildman–Crippen MR) is 96.0 cm³/mol. The Kier molecular flexibility index (Phi) is 4.45. The lowest BCUT2D eigenvalue weighted by molar-refractivity contribution is -0.117. The van der Waals surface area contributed by atoms with Gasteiger partial charge in [-0.15, -0.1) is 0 Å². The molecule has 1 fully saturated rings. The Bertz CT molecular complexity index is 960. The van der Waals surface area contributed by atoms with Gasteiger partial charge in [-0.05, 0) is 44.0 Å². The molecule has 2 amide bonds. The van der Waals surface area contributed by atoms with Crippen LogP contribution >= 0.6 is 0 Å². The second-order valence-electron chi connectivity index (χ2n) is 6.47. The fourth-order valence-corrected chi connectivity index (χ4v) is 2.58. The number of nitrogens with one attached hydrogen (secondary N) is 2. The van der Waals surface area contributed by atoms with Crippen molar-refractivity contribution in [3.63, 3.8) is 0 Å². The highest BCUT2D eigenvalue weighted by Gasteiger charge is 2.29. The summed E-state index contributed by atoms with van der Waals surface area (Å²) in [5, 5.41) is 9.37. The maximum atomic E-state index is 12.4. The summed E-state index contributed by atoms with van der Waals surface area (Å²) in [6, 6.07) is 9.56. The molecule has 0 spiro atoms. The molecule has 4 rings (SSSR count). The predicted octanol–water partition coefficient (Wildman–Crippen LogP) is 2.96. The number of benzene rings is 1. The van der Waals surface area contributed by atoms with Crippen molar-refractivity contribution in [1.29, 1.82) is 0 Å². The molecule has 0 bridgehead atoms. The fourth-order valence-electron chi connectivity index (χ4n) is 2.58. The second-order valence-corrected chi connectivity index (χ2v) is 6.47. The van der Waals surface area contributed by atoms with Crippen molar-refractivity contribution in [3.05, 3.63) is 54.3 Å². The van der Waals surface area contributed by atoms with Gasteiger partial charge in [-0.1, -0.05) is 17.3 Å². The van der Waals surface area contributed by atoms with Gasteiger partial charge in [-0.3, -0.25) is 9.59 Å². The molecule has 1 unspecified atom stereocenters. The Labute approximate surface area is 154 Å². The van der Waals surface area contributed by atoms with Crippen LogP contribution in [0, 0.1) is 0 Å². The average molecular weight is 366 g/mol. The molecule has 2 heterocycles. The van der Waals surface area contributed by atoms with Crippen LogP contribution in [0.4, 0.5) is 5.69 Å². The maximum absolute atomic E-state index is 12.4. The molecule has 1 atom stereocenters. The number of rotatable bonds is 6. The number of aromatic nitrogens is 2.